The van der Waals surface area contributed by atoms with Crippen LogP contribution in [-0.4, -0.2) is 37.2 Å². The molecule has 0 saturated carbocycles. The third kappa shape index (κ3) is 3.19. The van der Waals surface area contributed by atoms with Crippen LogP contribution in [-0.2, 0) is 20.0 Å². The Labute approximate surface area is 121 Å². The van der Waals surface area contributed by atoms with Crippen molar-refractivity contribution in [2.24, 2.45) is 5.18 Å². The van der Waals surface area contributed by atoms with Gasteiger partial charge in [-0.1, -0.05) is 13.8 Å². The molecule has 7 nitrogen and oxygen atoms in total. The molecule has 15 heteroatoms. The van der Waals surface area contributed by atoms with Crippen molar-refractivity contribution in [1.82, 2.24) is 3.71 Å². The van der Waals surface area contributed by atoms with E-state index in [2.05, 4.69) is 0 Å². The lowest BCUT2D eigenvalue weighted by molar-refractivity contribution is -0.0572. The van der Waals surface area contributed by atoms with E-state index >= 15 is 0 Å². The summed E-state index contributed by atoms with van der Waals surface area (Å²) in [6.45, 7) is 1.63. The van der Waals surface area contributed by atoms with Crippen molar-refractivity contribution in [2.45, 2.75) is 43.4 Å². The first-order chi connectivity index (χ1) is 9.55. The summed E-state index contributed by atoms with van der Waals surface area (Å²) in [7, 11) is -14.1. The second kappa shape index (κ2) is 5.92. The van der Waals surface area contributed by atoms with Crippen LogP contribution in [0.4, 0.5) is 26.3 Å². The standard InChI is InChI=1S/C7H10F6N2O5S2/c1-3-5(4-2,14-16)15(21(17,18)6(8,9)10)22(19,20)7(11,12)13/h3-4H2,1-2H3. The van der Waals surface area contributed by atoms with E-state index in [9.17, 15) is 48.1 Å². The highest BCUT2D eigenvalue weighted by molar-refractivity contribution is 8.04. The van der Waals surface area contributed by atoms with Crippen molar-refractivity contribution in [1.29, 1.82) is 0 Å². The summed E-state index contributed by atoms with van der Waals surface area (Å²) >= 11 is 0. The van der Waals surface area contributed by atoms with Crippen LogP contribution >= 0.6 is 0 Å². The van der Waals surface area contributed by atoms with E-state index in [4.69, 9.17) is 0 Å². The third-order valence-electron chi connectivity index (χ3n) is 2.66. The topological polar surface area (TPSA) is 101 Å². The molecule has 0 aliphatic rings. The van der Waals surface area contributed by atoms with Crippen molar-refractivity contribution >= 4 is 20.0 Å². The smallest absolute Gasteiger partial charge is 0.201 e. The Kier molecular flexibility index (Phi) is 5.66. The Morgan fingerprint density at radius 1 is 0.818 bits per heavy atom. The molecule has 22 heavy (non-hydrogen) atoms. The fourth-order valence-corrected chi connectivity index (χ4v) is 4.83. The molecule has 132 valence electrons. The second-order valence-corrected chi connectivity index (χ2v) is 7.67. The molecule has 0 aromatic rings. The number of alkyl halides is 6. The van der Waals surface area contributed by atoms with Crippen molar-refractivity contribution in [3.8, 4) is 0 Å². The van der Waals surface area contributed by atoms with Gasteiger partial charge in [0.1, 0.15) is 0 Å². The molecule has 0 fully saturated rings. The van der Waals surface area contributed by atoms with Gasteiger partial charge in [0.15, 0.2) is 5.66 Å². The van der Waals surface area contributed by atoms with Gasteiger partial charge in [0, 0.05) is 0 Å². The highest BCUT2D eigenvalue weighted by Crippen LogP contribution is 2.42. The first-order valence-corrected chi connectivity index (χ1v) is 8.21. The molecule has 0 bridgehead atoms. The van der Waals surface area contributed by atoms with Crippen LogP contribution in [0.5, 0.6) is 0 Å². The predicted octanol–water partition coefficient (Wildman–Crippen LogP) is 2.27. The molecular weight excluding hydrogens is 370 g/mol. The minimum atomic E-state index is -7.04. The number of hydrogen-bond donors (Lipinski definition) is 0. The van der Waals surface area contributed by atoms with Gasteiger partial charge >= 0.3 is 31.1 Å². The normalized spacial score (nSPS) is 15.1. The zero-order valence-corrected chi connectivity index (χ0v) is 12.6. The van der Waals surface area contributed by atoms with Gasteiger partial charge in [-0.3, -0.25) is 0 Å². The molecule has 0 aliphatic carbocycles. The lowest BCUT2D eigenvalue weighted by Gasteiger charge is -2.35. The molecule has 0 aliphatic heterocycles. The maximum absolute atomic E-state index is 12.5. The third-order valence-corrected chi connectivity index (χ3v) is 6.56. The van der Waals surface area contributed by atoms with Crippen molar-refractivity contribution in [3.05, 3.63) is 4.91 Å². The van der Waals surface area contributed by atoms with Crippen LogP contribution in [0, 0.1) is 4.91 Å². The molecule has 0 radical (unpaired) electrons. The number of nitroso groups, excluding NO2 is 1. The molecule has 0 amide bonds. The average molecular weight is 380 g/mol. The van der Waals surface area contributed by atoms with Gasteiger partial charge < -0.3 is 0 Å². The molecule has 0 rings (SSSR count). The summed E-state index contributed by atoms with van der Waals surface area (Å²) < 4.78 is 118. The second-order valence-electron chi connectivity index (χ2n) is 3.88. The number of sulfonamides is 2. The Morgan fingerprint density at radius 2 is 1.09 bits per heavy atom. The SMILES string of the molecule is CCC(CC)(N=O)N(S(=O)(=O)C(F)(F)F)S(=O)(=O)C(F)(F)F. The molecule has 0 heterocycles. The minimum Gasteiger partial charge on any atom is -0.201 e. The van der Waals surface area contributed by atoms with E-state index < -0.39 is 53.3 Å². The maximum Gasteiger partial charge on any atom is 0.512 e. The van der Waals surface area contributed by atoms with Crippen LogP contribution in [0.1, 0.15) is 26.7 Å². The Hall–Kier alpha value is -0.960. The lowest BCUT2D eigenvalue weighted by atomic mass is 10.1. The molecule has 0 aromatic carbocycles. The summed E-state index contributed by atoms with van der Waals surface area (Å²) in [6, 6.07) is 0. The van der Waals surface area contributed by atoms with Crippen molar-refractivity contribution < 1.29 is 43.2 Å². The van der Waals surface area contributed by atoms with Crippen LogP contribution in [0.2, 0.25) is 0 Å². The van der Waals surface area contributed by atoms with Gasteiger partial charge in [0.05, 0.1) is 0 Å². The van der Waals surface area contributed by atoms with E-state index in [0.29, 0.717) is 0 Å². The van der Waals surface area contributed by atoms with Gasteiger partial charge in [-0.25, -0.2) is 16.8 Å². The van der Waals surface area contributed by atoms with E-state index in [1.807, 2.05) is 5.18 Å². The van der Waals surface area contributed by atoms with E-state index in [1.54, 1.807) is 0 Å². The summed E-state index contributed by atoms with van der Waals surface area (Å²) in [5.74, 6) is 0. The highest BCUT2D eigenvalue weighted by Gasteiger charge is 2.67. The summed E-state index contributed by atoms with van der Waals surface area (Å²) in [5, 5.41) is 1.93. The number of halogens is 6. The predicted molar refractivity (Wildman–Crippen MR) is 60.9 cm³/mol. The first kappa shape index (κ1) is 21.0. The molecule has 0 aromatic heterocycles. The fourth-order valence-electron chi connectivity index (χ4n) is 1.44. The summed E-state index contributed by atoms with van der Waals surface area (Å²) in [4.78, 5) is 10.7. The van der Waals surface area contributed by atoms with Crippen molar-refractivity contribution in [3.63, 3.8) is 0 Å². The van der Waals surface area contributed by atoms with Crippen LogP contribution in [0.3, 0.4) is 0 Å². The largest absolute Gasteiger partial charge is 0.512 e. The van der Waals surface area contributed by atoms with Crippen LogP contribution in [0.25, 0.3) is 0 Å². The minimum absolute atomic E-state index is 0.815. The van der Waals surface area contributed by atoms with Gasteiger partial charge in [-0.05, 0) is 21.7 Å². The summed E-state index contributed by atoms with van der Waals surface area (Å²) in [5.41, 5.74) is -16.1. The fraction of sp³-hybridized carbons (Fsp3) is 1.00. The van der Waals surface area contributed by atoms with E-state index in [-0.39, 0.29) is 0 Å². The Balaban J connectivity index is 6.87. The Morgan fingerprint density at radius 3 is 1.23 bits per heavy atom. The zero-order chi connectivity index (χ0) is 18.2. The lowest BCUT2D eigenvalue weighted by Crippen LogP contribution is -2.59. The zero-order valence-electron chi connectivity index (χ0n) is 10.9. The summed E-state index contributed by atoms with van der Waals surface area (Å²) in [6.07, 6.45) is -2.06. The van der Waals surface area contributed by atoms with Gasteiger partial charge in [-0.15, -0.1) is 4.91 Å². The van der Waals surface area contributed by atoms with Gasteiger partial charge in [0.2, 0.25) is 0 Å². The first-order valence-electron chi connectivity index (χ1n) is 5.33. The van der Waals surface area contributed by atoms with Crippen LogP contribution in [0.15, 0.2) is 5.18 Å². The monoisotopic (exact) mass is 380 g/mol. The number of hydrogen-bond acceptors (Lipinski definition) is 6. The molecule has 0 atom stereocenters. The van der Waals surface area contributed by atoms with Gasteiger partial charge in [-0.2, -0.15) is 26.3 Å². The van der Waals surface area contributed by atoms with Gasteiger partial charge in [0.25, 0.3) is 0 Å². The van der Waals surface area contributed by atoms with E-state index in [0.717, 1.165) is 13.8 Å². The van der Waals surface area contributed by atoms with Crippen molar-refractivity contribution in [2.75, 3.05) is 0 Å². The molecule has 0 unspecified atom stereocenters. The molecule has 0 N–H and O–H groups in total. The number of rotatable bonds is 6. The molecule has 0 saturated heterocycles. The quantitative estimate of drug-likeness (QED) is 0.520. The Bertz CT molecular complexity index is 575. The van der Waals surface area contributed by atoms with Crippen LogP contribution < -0.4 is 0 Å². The maximum atomic E-state index is 12.5. The van der Waals surface area contributed by atoms with E-state index in [1.165, 1.54) is 0 Å². The number of nitrogens with zero attached hydrogens (tertiary/aromatic N) is 2. The average Bonchev–Trinajstić information content (AvgIpc) is 2.32. The molecular formula is C7H10F6N2O5S2. The molecule has 0 spiro atoms. The highest BCUT2D eigenvalue weighted by atomic mass is 32.3.